The molecule has 0 N–H and O–H groups in total. The molecule has 2 saturated carbocycles. The highest BCUT2D eigenvalue weighted by atomic mass is 19.3. The van der Waals surface area contributed by atoms with E-state index in [0.29, 0.717) is 30.1 Å². The van der Waals surface area contributed by atoms with Gasteiger partial charge in [0.25, 0.3) is 5.92 Å². The van der Waals surface area contributed by atoms with Crippen molar-refractivity contribution in [2.75, 3.05) is 13.1 Å². The highest BCUT2D eigenvalue weighted by Crippen LogP contribution is 2.53. The Morgan fingerprint density at radius 1 is 1.00 bits per heavy atom. The summed E-state index contributed by atoms with van der Waals surface area (Å²) in [6.07, 6.45) is 17.4. The van der Waals surface area contributed by atoms with Crippen molar-refractivity contribution in [3.05, 3.63) is 59.7 Å². The smallest absolute Gasteiger partial charge is 0.266 e. The second-order valence-electron chi connectivity index (χ2n) is 12.6. The Bertz CT molecular complexity index is 966. The SMILES string of the molecule is CCC1C(CCCC2CCC(Cc3ccccc3)CC2)C1C(=O)N1CC(C2C=CC=C(C(C)(F)F)C2)C1. The lowest BCUT2D eigenvalue weighted by Gasteiger charge is -2.44. The maximum absolute atomic E-state index is 13.8. The van der Waals surface area contributed by atoms with E-state index in [9.17, 15) is 13.6 Å². The molecule has 4 atom stereocenters. The van der Waals surface area contributed by atoms with Gasteiger partial charge >= 0.3 is 0 Å². The van der Waals surface area contributed by atoms with Gasteiger partial charge in [-0.3, -0.25) is 4.79 Å². The van der Waals surface area contributed by atoms with Gasteiger partial charge in [-0.05, 0) is 72.8 Å². The highest BCUT2D eigenvalue weighted by Gasteiger charge is 2.55. The summed E-state index contributed by atoms with van der Waals surface area (Å²) >= 11 is 0. The molecule has 0 bridgehead atoms. The quantitative estimate of drug-likeness (QED) is 0.312. The first kappa shape index (κ1) is 26.6. The number of allylic oxidation sites excluding steroid dienone is 4. The Morgan fingerprint density at radius 2 is 1.70 bits per heavy atom. The lowest BCUT2D eigenvalue weighted by Crippen LogP contribution is -2.53. The number of carbonyl (C=O) groups is 1. The number of amides is 1. The number of halogens is 2. The van der Waals surface area contributed by atoms with E-state index in [1.165, 1.54) is 56.9 Å². The summed E-state index contributed by atoms with van der Waals surface area (Å²) in [5, 5.41) is 0. The molecule has 4 unspecified atom stereocenters. The van der Waals surface area contributed by atoms with Crippen LogP contribution in [0.5, 0.6) is 0 Å². The van der Waals surface area contributed by atoms with Gasteiger partial charge in [0, 0.05) is 31.8 Å². The summed E-state index contributed by atoms with van der Waals surface area (Å²) in [5.41, 5.74) is 1.71. The maximum atomic E-state index is 13.8. The largest absolute Gasteiger partial charge is 0.342 e. The summed E-state index contributed by atoms with van der Waals surface area (Å²) in [6.45, 7) is 4.69. The topological polar surface area (TPSA) is 20.3 Å². The second-order valence-corrected chi connectivity index (χ2v) is 12.6. The fraction of sp³-hybridized carbons (Fsp3) is 0.667. The van der Waals surface area contributed by atoms with Gasteiger partial charge in [0.1, 0.15) is 0 Å². The van der Waals surface area contributed by atoms with E-state index in [1.807, 2.05) is 4.90 Å². The lowest BCUT2D eigenvalue weighted by atomic mass is 9.77. The van der Waals surface area contributed by atoms with Gasteiger partial charge in [-0.1, -0.05) is 87.6 Å². The monoisotopic (exact) mass is 509 g/mol. The first-order chi connectivity index (χ1) is 17.8. The van der Waals surface area contributed by atoms with Crippen LogP contribution >= 0.6 is 0 Å². The Balaban J connectivity index is 1.00. The summed E-state index contributed by atoms with van der Waals surface area (Å²) in [6, 6.07) is 10.9. The van der Waals surface area contributed by atoms with E-state index in [0.717, 1.165) is 38.3 Å². The van der Waals surface area contributed by atoms with Crippen LogP contribution in [0.2, 0.25) is 0 Å². The van der Waals surface area contributed by atoms with E-state index in [1.54, 1.807) is 12.2 Å². The molecule has 5 rings (SSSR count). The van der Waals surface area contributed by atoms with Crippen molar-refractivity contribution in [1.82, 2.24) is 4.90 Å². The Kier molecular flexibility index (Phi) is 8.22. The maximum Gasteiger partial charge on any atom is 0.266 e. The molecule has 202 valence electrons. The van der Waals surface area contributed by atoms with Crippen molar-refractivity contribution in [2.45, 2.75) is 84.0 Å². The summed E-state index contributed by atoms with van der Waals surface area (Å²) in [5.74, 6) is 1.09. The average molecular weight is 510 g/mol. The third kappa shape index (κ3) is 6.37. The van der Waals surface area contributed by atoms with E-state index in [4.69, 9.17) is 0 Å². The molecule has 2 nitrogen and oxygen atoms in total. The van der Waals surface area contributed by atoms with Gasteiger partial charge in [-0.15, -0.1) is 0 Å². The second kappa shape index (κ2) is 11.4. The van der Waals surface area contributed by atoms with E-state index >= 15 is 0 Å². The number of likely N-dealkylation sites (tertiary alicyclic amines) is 1. The van der Waals surface area contributed by atoms with Crippen LogP contribution in [0.4, 0.5) is 8.78 Å². The molecular formula is C33H45F2NO. The van der Waals surface area contributed by atoms with Crippen molar-refractivity contribution in [2.24, 2.45) is 41.4 Å². The Hall–Kier alpha value is -1.97. The van der Waals surface area contributed by atoms with E-state index in [2.05, 4.69) is 43.3 Å². The first-order valence-corrected chi connectivity index (χ1v) is 14.9. The van der Waals surface area contributed by atoms with E-state index < -0.39 is 5.92 Å². The minimum absolute atomic E-state index is 0.134. The molecule has 3 fully saturated rings. The molecule has 4 aliphatic rings. The van der Waals surface area contributed by atoms with Crippen LogP contribution in [0, 0.1) is 41.4 Å². The molecule has 1 aromatic carbocycles. The molecule has 1 amide bonds. The number of benzene rings is 1. The summed E-state index contributed by atoms with van der Waals surface area (Å²) in [4.78, 5) is 15.3. The molecule has 3 aliphatic carbocycles. The van der Waals surface area contributed by atoms with Gasteiger partial charge in [-0.25, -0.2) is 8.78 Å². The predicted octanol–water partition coefficient (Wildman–Crippen LogP) is 8.09. The molecule has 0 spiro atoms. The molecule has 37 heavy (non-hydrogen) atoms. The van der Waals surface area contributed by atoms with E-state index in [-0.39, 0.29) is 17.4 Å². The van der Waals surface area contributed by atoms with Gasteiger partial charge in [0.05, 0.1) is 0 Å². The summed E-state index contributed by atoms with van der Waals surface area (Å²) in [7, 11) is 0. The Morgan fingerprint density at radius 3 is 2.38 bits per heavy atom. The molecule has 1 saturated heterocycles. The first-order valence-electron chi connectivity index (χ1n) is 14.9. The van der Waals surface area contributed by atoms with Crippen molar-refractivity contribution in [3.63, 3.8) is 0 Å². The minimum Gasteiger partial charge on any atom is -0.342 e. The molecule has 0 aromatic heterocycles. The van der Waals surface area contributed by atoms with Crippen LogP contribution in [-0.4, -0.2) is 29.8 Å². The van der Waals surface area contributed by atoms with Crippen molar-refractivity contribution < 1.29 is 13.6 Å². The predicted molar refractivity (Wildman–Crippen MR) is 146 cm³/mol. The lowest BCUT2D eigenvalue weighted by molar-refractivity contribution is -0.140. The van der Waals surface area contributed by atoms with Crippen molar-refractivity contribution in [1.29, 1.82) is 0 Å². The molecule has 1 aromatic rings. The van der Waals surface area contributed by atoms with Crippen molar-refractivity contribution >= 4 is 5.91 Å². The fourth-order valence-corrected chi connectivity index (χ4v) is 7.60. The third-order valence-electron chi connectivity index (χ3n) is 10.1. The average Bonchev–Trinajstić information content (AvgIpc) is 3.57. The van der Waals surface area contributed by atoms with Gasteiger partial charge in [-0.2, -0.15) is 0 Å². The number of rotatable bonds is 10. The van der Waals surface area contributed by atoms with Crippen LogP contribution in [0.15, 0.2) is 54.1 Å². The molecule has 1 aliphatic heterocycles. The standard InChI is InChI=1S/C33H45F2NO/c1-3-29-30(14-7-11-23-15-17-25(18-16-23)19-24-9-5-4-6-10-24)31(29)32(37)36-21-27(22-36)26-12-8-13-28(20-26)33(2,34)35/h4-6,8-10,12-13,23,25-27,29-31H,3,7,11,14-22H2,1-2H3. The van der Waals surface area contributed by atoms with Crippen LogP contribution < -0.4 is 0 Å². The highest BCUT2D eigenvalue weighted by molar-refractivity contribution is 5.83. The number of carbonyl (C=O) groups excluding carboxylic acids is 1. The molecular weight excluding hydrogens is 464 g/mol. The molecule has 0 radical (unpaired) electrons. The van der Waals surface area contributed by atoms with Gasteiger partial charge in [0.15, 0.2) is 0 Å². The van der Waals surface area contributed by atoms with Crippen molar-refractivity contribution in [3.8, 4) is 0 Å². The zero-order valence-corrected chi connectivity index (χ0v) is 22.8. The summed E-state index contributed by atoms with van der Waals surface area (Å²) < 4.78 is 27.5. The van der Waals surface area contributed by atoms with Crippen LogP contribution in [0.3, 0.4) is 0 Å². The zero-order chi connectivity index (χ0) is 26.0. The fourth-order valence-electron chi connectivity index (χ4n) is 7.60. The molecule has 4 heteroatoms. The number of hydrogen-bond acceptors (Lipinski definition) is 1. The van der Waals surface area contributed by atoms with Gasteiger partial charge < -0.3 is 4.90 Å². The Labute approximate surface area is 222 Å². The number of hydrogen-bond donors (Lipinski definition) is 0. The third-order valence-corrected chi connectivity index (χ3v) is 10.1. The zero-order valence-electron chi connectivity index (χ0n) is 22.8. The van der Waals surface area contributed by atoms with Crippen LogP contribution in [0.25, 0.3) is 0 Å². The van der Waals surface area contributed by atoms with Gasteiger partial charge in [0.2, 0.25) is 5.91 Å². The molecule has 1 heterocycles. The van der Waals surface area contributed by atoms with Crippen LogP contribution in [-0.2, 0) is 11.2 Å². The number of nitrogens with zero attached hydrogens (tertiary/aromatic N) is 1. The minimum atomic E-state index is -2.75. The van der Waals surface area contributed by atoms with Crippen LogP contribution in [0.1, 0.15) is 77.2 Å². The normalized spacial score (nSPS) is 32.1. The number of alkyl halides is 2.